The number of hydrogen-bond acceptors (Lipinski definition) is 3. The van der Waals surface area contributed by atoms with Crippen molar-refractivity contribution in [3.05, 3.63) is 39.4 Å². The summed E-state index contributed by atoms with van der Waals surface area (Å²) in [5.74, 6) is -0.216. The molecule has 15 heavy (non-hydrogen) atoms. The third-order valence-corrected chi connectivity index (χ3v) is 2.46. The Morgan fingerprint density at radius 3 is 2.93 bits per heavy atom. The van der Waals surface area contributed by atoms with Crippen molar-refractivity contribution in [3.63, 3.8) is 0 Å². The van der Waals surface area contributed by atoms with Gasteiger partial charge in [-0.25, -0.2) is 0 Å². The van der Waals surface area contributed by atoms with Crippen molar-refractivity contribution in [1.29, 1.82) is 0 Å². The summed E-state index contributed by atoms with van der Waals surface area (Å²) in [6.45, 7) is 0.626. The highest BCUT2D eigenvalue weighted by atomic mass is 16.6. The zero-order valence-corrected chi connectivity index (χ0v) is 8.03. The van der Waals surface area contributed by atoms with E-state index in [-0.39, 0.29) is 11.6 Å². The van der Waals surface area contributed by atoms with E-state index in [0.717, 1.165) is 18.4 Å². The summed E-state index contributed by atoms with van der Waals surface area (Å²) in [5.41, 5.74) is 1.28. The fraction of sp³-hybridized carbons (Fsp3) is 0.300. The molecule has 0 saturated carbocycles. The second-order valence-electron chi connectivity index (χ2n) is 3.46. The first-order valence-corrected chi connectivity index (χ1v) is 4.74. The average Bonchev–Trinajstić information content (AvgIpc) is 2.40. The maximum absolute atomic E-state index is 11.5. The molecule has 1 aromatic carbocycles. The first-order valence-electron chi connectivity index (χ1n) is 4.74. The van der Waals surface area contributed by atoms with Crippen molar-refractivity contribution in [2.45, 2.75) is 12.8 Å². The number of aryl methyl sites for hydroxylation is 1. The van der Waals surface area contributed by atoms with Gasteiger partial charge in [0.2, 0.25) is 0 Å². The number of nitro groups is 1. The van der Waals surface area contributed by atoms with Crippen molar-refractivity contribution in [2.75, 3.05) is 6.54 Å². The van der Waals surface area contributed by atoms with E-state index in [2.05, 4.69) is 5.32 Å². The molecule has 0 radical (unpaired) electrons. The Morgan fingerprint density at radius 1 is 1.40 bits per heavy atom. The topological polar surface area (TPSA) is 72.2 Å². The number of non-ortho nitro benzene ring substituents is 1. The SMILES string of the molecule is O=C1NCCCc2ccc([N+](=O)[O-])cc21. The quantitative estimate of drug-likeness (QED) is 0.555. The van der Waals surface area contributed by atoms with Crippen LogP contribution in [0.5, 0.6) is 0 Å². The molecule has 0 aliphatic carbocycles. The molecule has 1 amide bonds. The number of nitro benzene ring substituents is 1. The van der Waals surface area contributed by atoms with E-state index >= 15 is 0 Å². The summed E-state index contributed by atoms with van der Waals surface area (Å²) in [5, 5.41) is 13.3. The van der Waals surface area contributed by atoms with Crippen molar-refractivity contribution >= 4 is 11.6 Å². The minimum absolute atomic E-state index is 0.0363. The van der Waals surface area contributed by atoms with E-state index in [1.165, 1.54) is 12.1 Å². The van der Waals surface area contributed by atoms with E-state index in [1.54, 1.807) is 6.07 Å². The maximum atomic E-state index is 11.5. The highest BCUT2D eigenvalue weighted by Crippen LogP contribution is 2.20. The molecule has 2 rings (SSSR count). The van der Waals surface area contributed by atoms with Gasteiger partial charge in [0.15, 0.2) is 0 Å². The summed E-state index contributed by atoms with van der Waals surface area (Å²) >= 11 is 0. The fourth-order valence-electron chi connectivity index (χ4n) is 1.68. The summed E-state index contributed by atoms with van der Waals surface area (Å²) < 4.78 is 0. The van der Waals surface area contributed by atoms with E-state index in [4.69, 9.17) is 0 Å². The number of hydrogen-bond donors (Lipinski definition) is 1. The number of nitrogens with one attached hydrogen (secondary N) is 1. The Hall–Kier alpha value is -1.91. The van der Waals surface area contributed by atoms with Gasteiger partial charge in [-0.05, 0) is 18.4 Å². The molecule has 1 N–H and O–H groups in total. The third-order valence-electron chi connectivity index (χ3n) is 2.46. The van der Waals surface area contributed by atoms with Gasteiger partial charge in [0.05, 0.1) is 4.92 Å². The monoisotopic (exact) mass is 206 g/mol. The summed E-state index contributed by atoms with van der Waals surface area (Å²) in [6, 6.07) is 4.45. The van der Waals surface area contributed by atoms with Crippen LogP contribution in [0.1, 0.15) is 22.3 Å². The van der Waals surface area contributed by atoms with Crippen molar-refractivity contribution in [3.8, 4) is 0 Å². The molecule has 1 heterocycles. The van der Waals surface area contributed by atoms with Crippen LogP contribution in [0.4, 0.5) is 5.69 Å². The molecule has 78 valence electrons. The lowest BCUT2D eigenvalue weighted by molar-refractivity contribution is -0.384. The lowest BCUT2D eigenvalue weighted by Crippen LogP contribution is -2.22. The molecule has 0 unspecified atom stereocenters. The lowest BCUT2D eigenvalue weighted by atomic mass is 10.0. The van der Waals surface area contributed by atoms with Gasteiger partial charge in [-0.15, -0.1) is 0 Å². The number of carbonyl (C=O) groups is 1. The number of benzene rings is 1. The molecule has 0 spiro atoms. The molecule has 0 saturated heterocycles. The number of nitrogens with zero attached hydrogens (tertiary/aromatic N) is 1. The van der Waals surface area contributed by atoms with Crippen LogP contribution in [0.15, 0.2) is 18.2 Å². The second kappa shape index (κ2) is 3.68. The Balaban J connectivity index is 2.48. The molecule has 0 bridgehead atoms. The van der Waals surface area contributed by atoms with E-state index in [0.29, 0.717) is 12.1 Å². The van der Waals surface area contributed by atoms with Gasteiger partial charge in [0.1, 0.15) is 0 Å². The molecule has 5 nitrogen and oxygen atoms in total. The number of rotatable bonds is 1. The van der Waals surface area contributed by atoms with Crippen molar-refractivity contribution in [2.24, 2.45) is 0 Å². The van der Waals surface area contributed by atoms with E-state index in [9.17, 15) is 14.9 Å². The van der Waals surface area contributed by atoms with Gasteiger partial charge >= 0.3 is 0 Å². The standard InChI is InChI=1S/C10H10N2O3/c13-10-9-6-8(12(14)15)4-3-7(9)2-1-5-11-10/h3-4,6H,1-2,5H2,(H,11,13). The van der Waals surface area contributed by atoms with Crippen LogP contribution in [-0.4, -0.2) is 17.4 Å². The summed E-state index contributed by atoms with van der Waals surface area (Å²) in [6.07, 6.45) is 1.66. The van der Waals surface area contributed by atoms with E-state index in [1.807, 2.05) is 0 Å². The maximum Gasteiger partial charge on any atom is 0.270 e. The predicted molar refractivity (Wildman–Crippen MR) is 53.8 cm³/mol. The van der Waals surface area contributed by atoms with Crippen LogP contribution < -0.4 is 5.32 Å². The molecule has 1 aliphatic rings. The van der Waals surface area contributed by atoms with Crippen LogP contribution >= 0.6 is 0 Å². The largest absolute Gasteiger partial charge is 0.352 e. The summed E-state index contributed by atoms with van der Waals surface area (Å²) in [7, 11) is 0. The van der Waals surface area contributed by atoms with Crippen LogP contribution in [0.3, 0.4) is 0 Å². The number of amides is 1. The van der Waals surface area contributed by atoms with Gasteiger partial charge in [-0.2, -0.15) is 0 Å². The minimum Gasteiger partial charge on any atom is -0.352 e. The molecule has 0 atom stereocenters. The molecule has 1 aliphatic heterocycles. The van der Waals surface area contributed by atoms with Gasteiger partial charge in [-0.3, -0.25) is 14.9 Å². The van der Waals surface area contributed by atoms with Gasteiger partial charge < -0.3 is 5.32 Å². The number of carbonyl (C=O) groups excluding carboxylic acids is 1. The first kappa shape index (κ1) is 9.64. The van der Waals surface area contributed by atoms with Gasteiger partial charge in [-0.1, -0.05) is 6.07 Å². The van der Waals surface area contributed by atoms with Crippen LogP contribution in [0.2, 0.25) is 0 Å². The fourth-order valence-corrected chi connectivity index (χ4v) is 1.68. The normalized spacial score (nSPS) is 15.1. The average molecular weight is 206 g/mol. The smallest absolute Gasteiger partial charge is 0.270 e. The van der Waals surface area contributed by atoms with E-state index < -0.39 is 4.92 Å². The van der Waals surface area contributed by atoms with Crippen LogP contribution in [-0.2, 0) is 6.42 Å². The lowest BCUT2D eigenvalue weighted by Gasteiger charge is -2.03. The molecule has 5 heteroatoms. The molecular formula is C10H10N2O3. The molecule has 0 aromatic heterocycles. The third kappa shape index (κ3) is 1.81. The number of fused-ring (bicyclic) bond motifs is 1. The van der Waals surface area contributed by atoms with Crippen molar-refractivity contribution < 1.29 is 9.72 Å². The predicted octanol–water partition coefficient (Wildman–Crippen LogP) is 1.27. The van der Waals surface area contributed by atoms with Crippen molar-refractivity contribution in [1.82, 2.24) is 5.32 Å². The minimum atomic E-state index is -0.488. The Bertz CT molecular complexity index is 429. The van der Waals surface area contributed by atoms with Crippen LogP contribution in [0.25, 0.3) is 0 Å². The van der Waals surface area contributed by atoms with Gasteiger partial charge in [0.25, 0.3) is 11.6 Å². The first-order chi connectivity index (χ1) is 7.18. The Kier molecular flexibility index (Phi) is 2.37. The molecule has 0 fully saturated rings. The highest BCUT2D eigenvalue weighted by molar-refractivity contribution is 5.96. The molecular weight excluding hydrogens is 196 g/mol. The zero-order chi connectivity index (χ0) is 10.8. The second-order valence-corrected chi connectivity index (χ2v) is 3.46. The highest BCUT2D eigenvalue weighted by Gasteiger charge is 2.18. The summed E-state index contributed by atoms with van der Waals surface area (Å²) in [4.78, 5) is 21.6. The van der Waals surface area contributed by atoms with Gasteiger partial charge in [0, 0.05) is 24.2 Å². The Morgan fingerprint density at radius 2 is 2.20 bits per heavy atom. The zero-order valence-electron chi connectivity index (χ0n) is 8.03. The Labute approximate surface area is 86.2 Å². The molecule has 1 aromatic rings. The van der Waals surface area contributed by atoms with Crippen LogP contribution in [0, 0.1) is 10.1 Å².